The van der Waals surface area contributed by atoms with Crippen LogP contribution in [0.15, 0.2) is 123 Å². The second kappa shape index (κ2) is 14.3. The summed E-state index contributed by atoms with van der Waals surface area (Å²) in [6.07, 6.45) is 3.26. The van der Waals surface area contributed by atoms with Crippen LogP contribution in [0, 0.1) is 5.92 Å². The van der Waals surface area contributed by atoms with E-state index in [1.807, 2.05) is 42.5 Å². The Bertz CT molecular complexity index is 2980. The first-order valence-corrected chi connectivity index (χ1v) is 19.5. The quantitative estimate of drug-likeness (QED) is 0.206. The zero-order chi connectivity index (χ0) is 41.3. The molecule has 2 aliphatic carbocycles. The van der Waals surface area contributed by atoms with Gasteiger partial charge in [0.2, 0.25) is 0 Å². The van der Waals surface area contributed by atoms with E-state index in [1.54, 1.807) is 49.5 Å². The molecule has 0 unspecified atom stereocenters. The summed E-state index contributed by atoms with van der Waals surface area (Å²) in [5, 5.41) is 10.6. The first-order valence-electron chi connectivity index (χ1n) is 19.1. The van der Waals surface area contributed by atoms with Crippen molar-refractivity contribution < 1.29 is 24.2 Å². The predicted molar refractivity (Wildman–Crippen MR) is 220 cm³/mol. The fraction of sp³-hybridized carbons (Fsp3) is 0.244. The summed E-state index contributed by atoms with van der Waals surface area (Å²) < 4.78 is 16.1. The van der Waals surface area contributed by atoms with Crippen molar-refractivity contribution in [1.29, 1.82) is 0 Å². The van der Waals surface area contributed by atoms with Crippen molar-refractivity contribution in [2.24, 2.45) is 13.0 Å². The number of Topliss-reactive ketones (excluding diaryl/α,β-unsaturated/α-hetero) is 1. The maximum absolute atomic E-state index is 15.2. The summed E-state index contributed by atoms with van der Waals surface area (Å²) in [5.41, 5.74) is 0.583. The number of ether oxygens (including phenoxy) is 2. The Labute approximate surface area is 341 Å². The highest BCUT2D eigenvalue weighted by atomic mass is 35.5. The third-order valence-corrected chi connectivity index (χ3v) is 12.6. The number of allylic oxidation sites excluding steroid dienone is 4. The number of ketones is 2. The van der Waals surface area contributed by atoms with E-state index in [0.29, 0.717) is 44.8 Å². The molecule has 9 rings (SSSR count). The number of fused-ring (bicyclic) bond motifs is 5. The lowest BCUT2D eigenvalue weighted by atomic mass is 9.47. The van der Waals surface area contributed by atoms with Crippen molar-refractivity contribution >= 4 is 39.8 Å². The highest BCUT2D eigenvalue weighted by Crippen LogP contribution is 2.62. The molecule has 1 saturated carbocycles. The fourth-order valence-corrected chi connectivity index (χ4v) is 9.84. The molecule has 0 amide bonds. The zero-order valence-electron chi connectivity index (χ0n) is 32.3. The molecule has 1 N–H and O–H groups in total. The highest BCUT2D eigenvalue weighted by molar-refractivity contribution is 6.33. The van der Waals surface area contributed by atoms with Gasteiger partial charge in [-0.05, 0) is 46.9 Å². The number of methoxy groups -OCH3 is 2. The lowest BCUT2D eigenvalue weighted by Gasteiger charge is -2.54. The summed E-state index contributed by atoms with van der Waals surface area (Å²) in [5.74, 6) is -1.69. The SMILES string of the molecule is COc1cc2nc(CCn3c(=O)n4n(c3=O)[C@@H]3C[C@H]5C(=O)C(c6ccccc6)=CC(=O)[C@@]5(c5ccccc5)[C@@H](c5ccc(O)cc5Cl)C3=CC4)c(=O)n(C)c2cc1OC. The monoisotopic (exact) mass is 811 g/mol. The largest absolute Gasteiger partial charge is 0.508 e. The van der Waals surface area contributed by atoms with Gasteiger partial charge in [-0.15, -0.1) is 0 Å². The Hall–Kier alpha value is -6.73. The summed E-state index contributed by atoms with van der Waals surface area (Å²) in [4.78, 5) is 77.3. The third kappa shape index (κ3) is 5.66. The Morgan fingerprint density at radius 3 is 2.27 bits per heavy atom. The molecular weight excluding hydrogens is 774 g/mol. The van der Waals surface area contributed by atoms with Gasteiger partial charge >= 0.3 is 11.4 Å². The molecule has 3 aliphatic rings. The van der Waals surface area contributed by atoms with Crippen LogP contribution in [0.3, 0.4) is 0 Å². The van der Waals surface area contributed by atoms with Crippen LogP contribution in [0.25, 0.3) is 16.6 Å². The number of nitrogens with zero attached hydrogens (tertiary/aromatic N) is 5. The number of aromatic nitrogens is 5. The van der Waals surface area contributed by atoms with Crippen LogP contribution in [0.4, 0.5) is 0 Å². The number of carbonyl (C=O) groups excluding carboxylic acids is 2. The van der Waals surface area contributed by atoms with Crippen LogP contribution in [-0.4, -0.2) is 54.4 Å². The van der Waals surface area contributed by atoms with E-state index in [2.05, 4.69) is 4.98 Å². The lowest BCUT2D eigenvalue weighted by molar-refractivity contribution is -0.133. The highest BCUT2D eigenvalue weighted by Gasteiger charge is 2.63. The molecular formula is C45H38ClN5O8. The van der Waals surface area contributed by atoms with Gasteiger partial charge in [0.15, 0.2) is 23.1 Å². The van der Waals surface area contributed by atoms with E-state index in [4.69, 9.17) is 21.1 Å². The number of rotatable bonds is 8. The van der Waals surface area contributed by atoms with E-state index in [9.17, 15) is 19.5 Å². The molecule has 1 fully saturated rings. The van der Waals surface area contributed by atoms with Crippen molar-refractivity contribution in [2.45, 2.75) is 43.3 Å². The second-order valence-corrected chi connectivity index (χ2v) is 15.5. The van der Waals surface area contributed by atoms with Crippen LogP contribution in [0.2, 0.25) is 5.02 Å². The van der Waals surface area contributed by atoms with Gasteiger partial charge in [0.1, 0.15) is 11.4 Å². The van der Waals surface area contributed by atoms with Crippen LogP contribution >= 0.6 is 11.6 Å². The normalized spacial score (nSPS) is 21.0. The van der Waals surface area contributed by atoms with Gasteiger partial charge in [0.05, 0.1) is 43.3 Å². The van der Waals surface area contributed by atoms with Crippen LogP contribution < -0.4 is 26.4 Å². The van der Waals surface area contributed by atoms with Crippen molar-refractivity contribution in [2.75, 3.05) is 14.2 Å². The van der Waals surface area contributed by atoms with Crippen molar-refractivity contribution in [3.05, 3.63) is 167 Å². The fourth-order valence-electron chi connectivity index (χ4n) is 9.56. The third-order valence-electron chi connectivity index (χ3n) is 12.2. The van der Waals surface area contributed by atoms with Crippen LogP contribution in [0.5, 0.6) is 17.2 Å². The molecule has 14 heteroatoms. The minimum absolute atomic E-state index is 0.0144. The topological polar surface area (TPSA) is 157 Å². The van der Waals surface area contributed by atoms with E-state index in [1.165, 1.54) is 46.4 Å². The molecule has 0 saturated heterocycles. The van der Waals surface area contributed by atoms with E-state index in [-0.39, 0.29) is 59.5 Å². The van der Waals surface area contributed by atoms with Crippen LogP contribution in [-0.2, 0) is 41.6 Å². The molecule has 298 valence electrons. The first kappa shape index (κ1) is 37.8. The van der Waals surface area contributed by atoms with E-state index < -0.39 is 40.2 Å². The molecule has 3 heterocycles. The summed E-state index contributed by atoms with van der Waals surface area (Å²) in [7, 11) is 4.60. The maximum Gasteiger partial charge on any atom is 0.347 e. The molecule has 13 nitrogen and oxygen atoms in total. The number of phenolic OH excluding ortho intramolecular Hbond substituents is 1. The van der Waals surface area contributed by atoms with Gasteiger partial charge in [-0.3, -0.25) is 14.4 Å². The van der Waals surface area contributed by atoms with Gasteiger partial charge in [-0.1, -0.05) is 84.4 Å². The molecule has 0 radical (unpaired) electrons. The maximum atomic E-state index is 15.2. The Morgan fingerprint density at radius 1 is 0.881 bits per heavy atom. The van der Waals surface area contributed by atoms with Crippen molar-refractivity contribution in [3.63, 3.8) is 0 Å². The molecule has 59 heavy (non-hydrogen) atoms. The zero-order valence-corrected chi connectivity index (χ0v) is 33.1. The van der Waals surface area contributed by atoms with Crippen molar-refractivity contribution in [1.82, 2.24) is 23.5 Å². The Morgan fingerprint density at radius 2 is 1.58 bits per heavy atom. The molecule has 4 aromatic carbocycles. The standard InChI is InChI=1S/C45H38ClN5O8/c1-48-36-24-38(59-3)37(58-2)23-34(36)47-33(42(48)55)17-18-49-43(56)50-19-16-29-35(51(50)44(49)57)22-31-41(54)30(25-10-6-4-7-11-25)21-39(53)45(31,26-12-8-5-9-13-26)40(29)28-15-14-27(52)20-32(28)46/h4-16,20-21,23-24,31,35,40,52H,17-19,22H2,1-3H3/t31-,35+,40-,45-/m0/s1. The number of benzene rings is 4. The number of hydrogen-bond donors (Lipinski definition) is 1. The lowest BCUT2D eigenvalue weighted by Crippen LogP contribution is -2.58. The number of halogens is 1. The molecule has 4 atom stereocenters. The minimum Gasteiger partial charge on any atom is -0.508 e. The van der Waals surface area contributed by atoms with E-state index in [0.717, 1.165) is 4.57 Å². The average molecular weight is 812 g/mol. The summed E-state index contributed by atoms with van der Waals surface area (Å²) in [6, 6.07) is 25.1. The molecule has 6 aromatic rings. The molecule has 0 bridgehead atoms. The van der Waals surface area contributed by atoms with Gasteiger partial charge in [0, 0.05) is 54.6 Å². The Kier molecular flexibility index (Phi) is 9.15. The van der Waals surface area contributed by atoms with E-state index >= 15 is 9.59 Å². The van der Waals surface area contributed by atoms with Gasteiger partial charge in [-0.25, -0.2) is 28.5 Å². The number of aryl methyl sites for hydroxylation is 2. The number of phenols is 1. The molecule has 0 spiro atoms. The molecule has 1 aliphatic heterocycles. The van der Waals surface area contributed by atoms with Gasteiger partial charge in [0.25, 0.3) is 5.56 Å². The summed E-state index contributed by atoms with van der Waals surface area (Å²) in [6.45, 7) is -0.170. The average Bonchev–Trinajstić information content (AvgIpc) is 3.50. The smallest absolute Gasteiger partial charge is 0.347 e. The first-order chi connectivity index (χ1) is 28.5. The van der Waals surface area contributed by atoms with Gasteiger partial charge < -0.3 is 19.1 Å². The number of carbonyl (C=O) groups is 2. The summed E-state index contributed by atoms with van der Waals surface area (Å²) >= 11 is 6.96. The number of hydrogen-bond acceptors (Lipinski definition) is 9. The molecule has 2 aromatic heterocycles. The van der Waals surface area contributed by atoms with Crippen molar-refractivity contribution in [3.8, 4) is 17.2 Å². The second-order valence-electron chi connectivity index (χ2n) is 15.0. The predicted octanol–water partition coefficient (Wildman–Crippen LogP) is 5.14. The Balaban J connectivity index is 1.19. The van der Waals surface area contributed by atoms with Crippen LogP contribution in [0.1, 0.15) is 40.8 Å². The minimum atomic E-state index is -1.50. The number of aromatic hydroxyl groups is 1. The van der Waals surface area contributed by atoms with Gasteiger partial charge in [-0.2, -0.15) is 0 Å².